The molecular formula is C14H22N4O2S. The van der Waals surface area contributed by atoms with Crippen LogP contribution in [0.5, 0.6) is 0 Å². The molecular weight excluding hydrogens is 288 g/mol. The zero-order valence-electron chi connectivity index (χ0n) is 12.3. The summed E-state index contributed by atoms with van der Waals surface area (Å²) in [5, 5.41) is 3.22. The zero-order valence-corrected chi connectivity index (χ0v) is 13.1. The van der Waals surface area contributed by atoms with E-state index in [0.717, 1.165) is 43.4 Å². The van der Waals surface area contributed by atoms with Gasteiger partial charge in [0.15, 0.2) is 0 Å². The van der Waals surface area contributed by atoms with Crippen molar-refractivity contribution < 1.29 is 9.53 Å². The molecule has 3 heterocycles. The Morgan fingerprint density at radius 3 is 2.76 bits per heavy atom. The van der Waals surface area contributed by atoms with E-state index < -0.39 is 0 Å². The molecule has 6 nitrogen and oxygen atoms in total. The fourth-order valence-corrected chi connectivity index (χ4v) is 3.50. The number of ether oxygens (including phenoxy) is 1. The summed E-state index contributed by atoms with van der Waals surface area (Å²) in [6.07, 6.45) is 0. The number of carbonyl (C=O) groups excluding carboxylic acids is 1. The lowest BCUT2D eigenvalue weighted by Crippen LogP contribution is -2.52. The van der Waals surface area contributed by atoms with E-state index in [1.54, 1.807) is 11.3 Å². The van der Waals surface area contributed by atoms with E-state index in [-0.39, 0.29) is 17.9 Å². The van der Waals surface area contributed by atoms with Gasteiger partial charge in [-0.3, -0.25) is 9.69 Å². The van der Waals surface area contributed by atoms with Crippen LogP contribution in [0.2, 0.25) is 0 Å². The molecule has 0 bridgehead atoms. The van der Waals surface area contributed by atoms with Gasteiger partial charge in [0, 0.05) is 44.1 Å². The lowest BCUT2D eigenvalue weighted by Gasteiger charge is -2.35. The highest BCUT2D eigenvalue weighted by molar-refractivity contribution is 7.09. The SMILES string of the molecule is Cc1nc(CN2CCN(C(=O)C3COCC3N)CC2)cs1. The molecule has 2 fully saturated rings. The molecule has 2 aliphatic rings. The first-order valence-electron chi connectivity index (χ1n) is 7.39. The Labute approximate surface area is 128 Å². The zero-order chi connectivity index (χ0) is 14.8. The molecule has 0 saturated carbocycles. The number of piperazine rings is 1. The molecule has 2 N–H and O–H groups in total. The third-order valence-electron chi connectivity index (χ3n) is 4.18. The summed E-state index contributed by atoms with van der Waals surface area (Å²) in [5.74, 6) is 0.00175. The van der Waals surface area contributed by atoms with Crippen molar-refractivity contribution in [3.63, 3.8) is 0 Å². The van der Waals surface area contributed by atoms with E-state index in [0.29, 0.717) is 13.2 Å². The van der Waals surface area contributed by atoms with Gasteiger partial charge in [-0.25, -0.2) is 4.98 Å². The number of nitrogens with two attached hydrogens (primary N) is 1. The Bertz CT molecular complexity index is 499. The fourth-order valence-electron chi connectivity index (χ4n) is 2.90. The maximum Gasteiger partial charge on any atom is 0.229 e. The van der Waals surface area contributed by atoms with Gasteiger partial charge in [0.25, 0.3) is 0 Å². The van der Waals surface area contributed by atoms with Crippen LogP contribution in [0.25, 0.3) is 0 Å². The van der Waals surface area contributed by atoms with Crippen molar-refractivity contribution in [2.24, 2.45) is 11.7 Å². The molecule has 116 valence electrons. The number of amides is 1. The summed E-state index contributed by atoms with van der Waals surface area (Å²) in [4.78, 5) is 21.2. The quantitative estimate of drug-likeness (QED) is 0.855. The Hall–Kier alpha value is -1.02. The molecule has 2 atom stereocenters. The average molecular weight is 310 g/mol. The second-order valence-corrected chi connectivity index (χ2v) is 6.83. The van der Waals surface area contributed by atoms with Gasteiger partial charge in [0.2, 0.25) is 5.91 Å². The van der Waals surface area contributed by atoms with Crippen LogP contribution < -0.4 is 5.73 Å². The molecule has 2 unspecified atom stereocenters. The first-order valence-corrected chi connectivity index (χ1v) is 8.27. The van der Waals surface area contributed by atoms with Crippen molar-refractivity contribution >= 4 is 17.2 Å². The fraction of sp³-hybridized carbons (Fsp3) is 0.714. The van der Waals surface area contributed by atoms with Crippen molar-refractivity contribution in [1.82, 2.24) is 14.8 Å². The first kappa shape index (κ1) is 14.9. The highest BCUT2D eigenvalue weighted by Crippen LogP contribution is 2.17. The predicted molar refractivity (Wildman–Crippen MR) is 81.0 cm³/mol. The summed E-state index contributed by atoms with van der Waals surface area (Å²) >= 11 is 1.69. The molecule has 7 heteroatoms. The van der Waals surface area contributed by atoms with Crippen molar-refractivity contribution in [3.05, 3.63) is 16.1 Å². The van der Waals surface area contributed by atoms with Crippen LogP contribution in [0.3, 0.4) is 0 Å². The molecule has 3 rings (SSSR count). The van der Waals surface area contributed by atoms with Crippen molar-refractivity contribution in [2.45, 2.75) is 19.5 Å². The summed E-state index contributed by atoms with van der Waals surface area (Å²) < 4.78 is 5.29. The van der Waals surface area contributed by atoms with Crippen LogP contribution in [0, 0.1) is 12.8 Å². The predicted octanol–water partition coefficient (Wildman–Crippen LogP) is 0.0694. The topological polar surface area (TPSA) is 71.7 Å². The molecule has 2 aliphatic heterocycles. The lowest BCUT2D eigenvalue weighted by molar-refractivity contribution is -0.137. The minimum Gasteiger partial charge on any atom is -0.379 e. The van der Waals surface area contributed by atoms with Crippen molar-refractivity contribution in [1.29, 1.82) is 0 Å². The van der Waals surface area contributed by atoms with E-state index in [4.69, 9.17) is 10.5 Å². The number of aryl methyl sites for hydroxylation is 1. The van der Waals surface area contributed by atoms with Crippen LogP contribution >= 0.6 is 11.3 Å². The minimum absolute atomic E-state index is 0.145. The van der Waals surface area contributed by atoms with E-state index in [1.165, 1.54) is 0 Å². The second kappa shape index (κ2) is 6.39. The van der Waals surface area contributed by atoms with Crippen LogP contribution in [0.4, 0.5) is 0 Å². The summed E-state index contributed by atoms with van der Waals surface area (Å²) in [5.41, 5.74) is 7.06. The number of rotatable bonds is 3. The van der Waals surface area contributed by atoms with E-state index in [1.807, 2.05) is 11.8 Å². The van der Waals surface area contributed by atoms with Gasteiger partial charge < -0.3 is 15.4 Å². The van der Waals surface area contributed by atoms with Crippen molar-refractivity contribution in [2.75, 3.05) is 39.4 Å². The molecule has 0 aliphatic carbocycles. The Kier molecular flexibility index (Phi) is 4.54. The maximum absolute atomic E-state index is 12.4. The summed E-state index contributed by atoms with van der Waals surface area (Å²) in [6, 6.07) is -0.145. The molecule has 0 aromatic carbocycles. The third kappa shape index (κ3) is 3.42. The summed E-state index contributed by atoms with van der Waals surface area (Å²) in [6.45, 7) is 7.20. The monoisotopic (exact) mass is 310 g/mol. The van der Waals surface area contributed by atoms with Gasteiger partial charge in [-0.15, -0.1) is 11.3 Å². The minimum atomic E-state index is -0.155. The number of carbonyl (C=O) groups is 1. The van der Waals surface area contributed by atoms with Crippen LogP contribution in [0.15, 0.2) is 5.38 Å². The van der Waals surface area contributed by atoms with Gasteiger partial charge in [-0.2, -0.15) is 0 Å². The van der Waals surface area contributed by atoms with E-state index in [9.17, 15) is 4.79 Å². The maximum atomic E-state index is 12.4. The lowest BCUT2D eigenvalue weighted by atomic mass is 10.0. The van der Waals surface area contributed by atoms with Gasteiger partial charge in [-0.05, 0) is 6.92 Å². The number of aromatic nitrogens is 1. The average Bonchev–Trinajstić information content (AvgIpc) is 3.08. The van der Waals surface area contributed by atoms with Crippen molar-refractivity contribution in [3.8, 4) is 0 Å². The number of hydrogen-bond donors (Lipinski definition) is 1. The van der Waals surface area contributed by atoms with Crippen LogP contribution in [0.1, 0.15) is 10.7 Å². The number of thiazole rings is 1. The van der Waals surface area contributed by atoms with Gasteiger partial charge in [-0.1, -0.05) is 0 Å². The second-order valence-electron chi connectivity index (χ2n) is 5.77. The van der Waals surface area contributed by atoms with Crippen LogP contribution in [-0.2, 0) is 16.1 Å². The standard InChI is InChI=1S/C14H22N4O2S/c1-10-16-11(9-21-10)6-17-2-4-18(5-3-17)14(19)12-7-20-8-13(12)15/h9,12-13H,2-8,15H2,1H3. The molecule has 1 amide bonds. The first-order chi connectivity index (χ1) is 10.1. The molecule has 2 saturated heterocycles. The Morgan fingerprint density at radius 1 is 1.43 bits per heavy atom. The van der Waals surface area contributed by atoms with Gasteiger partial charge in [0.1, 0.15) is 0 Å². The Balaban J connectivity index is 1.49. The molecule has 0 spiro atoms. The molecule has 21 heavy (non-hydrogen) atoms. The number of hydrogen-bond acceptors (Lipinski definition) is 6. The van der Waals surface area contributed by atoms with Crippen LogP contribution in [-0.4, -0.2) is 66.1 Å². The molecule has 1 aromatic rings. The van der Waals surface area contributed by atoms with E-state index in [2.05, 4.69) is 15.3 Å². The Morgan fingerprint density at radius 2 is 2.19 bits per heavy atom. The third-order valence-corrected chi connectivity index (χ3v) is 5.00. The molecule has 1 aromatic heterocycles. The number of nitrogens with zero attached hydrogens (tertiary/aromatic N) is 3. The molecule has 0 radical (unpaired) electrons. The van der Waals surface area contributed by atoms with Gasteiger partial charge >= 0.3 is 0 Å². The summed E-state index contributed by atoms with van der Waals surface area (Å²) in [7, 11) is 0. The van der Waals surface area contributed by atoms with Gasteiger partial charge in [0.05, 0.1) is 29.8 Å². The highest BCUT2D eigenvalue weighted by atomic mass is 32.1. The highest BCUT2D eigenvalue weighted by Gasteiger charge is 2.35. The normalized spacial score (nSPS) is 27.2. The van der Waals surface area contributed by atoms with E-state index >= 15 is 0 Å². The largest absolute Gasteiger partial charge is 0.379 e. The smallest absolute Gasteiger partial charge is 0.229 e.